The van der Waals surface area contributed by atoms with Gasteiger partial charge in [-0.25, -0.2) is 0 Å². The average Bonchev–Trinajstić information content (AvgIpc) is 2.55. The molecule has 2 unspecified atom stereocenters. The van der Waals surface area contributed by atoms with Crippen molar-refractivity contribution in [1.82, 2.24) is 5.32 Å². The van der Waals surface area contributed by atoms with Crippen LogP contribution in [0.3, 0.4) is 0 Å². The Morgan fingerprint density at radius 3 is 2.32 bits per heavy atom. The Balaban J connectivity index is 2.64. The summed E-state index contributed by atoms with van der Waals surface area (Å²) in [4.78, 5) is 11.9. The molecule has 0 bridgehead atoms. The molecule has 1 rings (SSSR count). The van der Waals surface area contributed by atoms with Crippen LogP contribution in [0.25, 0.3) is 0 Å². The van der Waals surface area contributed by atoms with Crippen LogP contribution in [0.1, 0.15) is 57.7 Å². The molecule has 108 valence electrons. The van der Waals surface area contributed by atoms with Crippen LogP contribution in [0.2, 0.25) is 0 Å². The van der Waals surface area contributed by atoms with Gasteiger partial charge < -0.3 is 9.15 Å². The van der Waals surface area contributed by atoms with Crippen molar-refractivity contribution in [3.63, 3.8) is 0 Å². The standard InChI is InChI=1S/C15H25NO3/c1-9-8-13(12(4)18-9)10(2)16-11(3)14(17)19-15(5,6)7/h8,10-11,16H,1-7H3. The van der Waals surface area contributed by atoms with E-state index in [2.05, 4.69) is 5.32 Å². The molecule has 4 heteroatoms. The molecule has 1 aromatic heterocycles. The van der Waals surface area contributed by atoms with Crippen molar-refractivity contribution in [2.45, 2.75) is 66.2 Å². The van der Waals surface area contributed by atoms with Crippen LogP contribution in [-0.2, 0) is 9.53 Å². The third-order valence-electron chi connectivity index (χ3n) is 2.81. The highest BCUT2D eigenvalue weighted by molar-refractivity contribution is 5.75. The summed E-state index contributed by atoms with van der Waals surface area (Å²) >= 11 is 0. The maximum Gasteiger partial charge on any atom is 0.323 e. The third-order valence-corrected chi connectivity index (χ3v) is 2.81. The monoisotopic (exact) mass is 267 g/mol. The highest BCUT2D eigenvalue weighted by Crippen LogP contribution is 2.21. The molecule has 0 aliphatic carbocycles. The van der Waals surface area contributed by atoms with Gasteiger partial charge in [0.15, 0.2) is 0 Å². The van der Waals surface area contributed by atoms with E-state index in [1.54, 1.807) is 0 Å². The Morgan fingerprint density at radius 2 is 1.89 bits per heavy atom. The van der Waals surface area contributed by atoms with Crippen LogP contribution < -0.4 is 5.32 Å². The van der Waals surface area contributed by atoms with Gasteiger partial charge in [-0.3, -0.25) is 10.1 Å². The first-order valence-corrected chi connectivity index (χ1v) is 6.66. The molecule has 0 amide bonds. The lowest BCUT2D eigenvalue weighted by Gasteiger charge is -2.24. The van der Waals surface area contributed by atoms with Crippen LogP contribution >= 0.6 is 0 Å². The predicted octanol–water partition coefficient (Wildman–Crippen LogP) is 3.28. The summed E-state index contributed by atoms with van der Waals surface area (Å²) in [6, 6.07) is 1.68. The highest BCUT2D eigenvalue weighted by Gasteiger charge is 2.24. The lowest BCUT2D eigenvalue weighted by molar-refractivity contribution is -0.157. The van der Waals surface area contributed by atoms with Crippen LogP contribution in [0.15, 0.2) is 10.5 Å². The number of rotatable bonds is 4. The topological polar surface area (TPSA) is 51.5 Å². The van der Waals surface area contributed by atoms with Crippen molar-refractivity contribution in [2.24, 2.45) is 0 Å². The normalized spacial score (nSPS) is 15.1. The van der Waals surface area contributed by atoms with Crippen LogP contribution in [0.5, 0.6) is 0 Å². The van der Waals surface area contributed by atoms with Gasteiger partial charge in [-0.1, -0.05) is 0 Å². The second-order valence-corrected chi connectivity index (χ2v) is 6.01. The number of carbonyl (C=O) groups is 1. The summed E-state index contributed by atoms with van der Waals surface area (Å²) < 4.78 is 10.8. The largest absolute Gasteiger partial charge is 0.466 e. The fraction of sp³-hybridized carbons (Fsp3) is 0.667. The number of aryl methyl sites for hydroxylation is 2. The molecule has 1 aromatic rings. The first kappa shape index (κ1) is 15.8. The average molecular weight is 267 g/mol. The first-order valence-electron chi connectivity index (χ1n) is 6.66. The van der Waals surface area contributed by atoms with Gasteiger partial charge in [0.1, 0.15) is 23.2 Å². The molecule has 1 N–H and O–H groups in total. The first-order chi connectivity index (χ1) is 8.60. The minimum Gasteiger partial charge on any atom is -0.466 e. The van der Waals surface area contributed by atoms with Crippen molar-refractivity contribution in [3.8, 4) is 0 Å². The number of hydrogen-bond donors (Lipinski definition) is 1. The quantitative estimate of drug-likeness (QED) is 0.851. The lowest BCUT2D eigenvalue weighted by atomic mass is 10.1. The van der Waals surface area contributed by atoms with E-state index in [0.717, 1.165) is 17.1 Å². The summed E-state index contributed by atoms with van der Waals surface area (Å²) in [6.07, 6.45) is 0. The maximum atomic E-state index is 11.9. The van der Waals surface area contributed by atoms with E-state index in [4.69, 9.17) is 9.15 Å². The molecule has 0 radical (unpaired) electrons. The Morgan fingerprint density at radius 1 is 1.32 bits per heavy atom. The maximum absolute atomic E-state index is 11.9. The van der Waals surface area contributed by atoms with Gasteiger partial charge in [0.25, 0.3) is 0 Å². The minimum absolute atomic E-state index is 0.0416. The summed E-state index contributed by atoms with van der Waals surface area (Å²) in [7, 11) is 0. The summed E-state index contributed by atoms with van der Waals surface area (Å²) in [5.41, 5.74) is 0.617. The summed E-state index contributed by atoms with van der Waals surface area (Å²) in [5.74, 6) is 1.53. The van der Waals surface area contributed by atoms with E-state index >= 15 is 0 Å². The zero-order valence-corrected chi connectivity index (χ0v) is 13.0. The van der Waals surface area contributed by atoms with Crippen LogP contribution in [0, 0.1) is 13.8 Å². The molecule has 19 heavy (non-hydrogen) atoms. The van der Waals surface area contributed by atoms with Crippen molar-refractivity contribution < 1.29 is 13.9 Å². The van der Waals surface area contributed by atoms with Gasteiger partial charge in [0, 0.05) is 11.6 Å². The molecule has 0 aliphatic heterocycles. The second kappa shape index (κ2) is 5.78. The van der Waals surface area contributed by atoms with Gasteiger partial charge in [-0.15, -0.1) is 0 Å². The minimum atomic E-state index is -0.460. The summed E-state index contributed by atoms with van der Waals surface area (Å²) in [6.45, 7) is 13.3. The van der Waals surface area contributed by atoms with Gasteiger partial charge in [-0.2, -0.15) is 0 Å². The molecular weight excluding hydrogens is 242 g/mol. The molecule has 0 aromatic carbocycles. The number of furan rings is 1. The molecule has 2 atom stereocenters. The van der Waals surface area contributed by atoms with E-state index in [-0.39, 0.29) is 18.1 Å². The number of nitrogens with one attached hydrogen (secondary N) is 1. The number of esters is 1. The van der Waals surface area contributed by atoms with Crippen LogP contribution in [-0.4, -0.2) is 17.6 Å². The molecular formula is C15H25NO3. The van der Waals surface area contributed by atoms with E-state index < -0.39 is 5.60 Å². The third kappa shape index (κ3) is 4.71. The smallest absolute Gasteiger partial charge is 0.323 e. The lowest BCUT2D eigenvalue weighted by Crippen LogP contribution is -2.40. The Bertz CT molecular complexity index is 443. The Kier molecular flexibility index (Phi) is 4.80. The molecule has 1 heterocycles. The van der Waals surface area contributed by atoms with Crippen LogP contribution in [0.4, 0.5) is 0 Å². The molecule has 0 fully saturated rings. The Hall–Kier alpha value is -1.29. The summed E-state index contributed by atoms with van der Waals surface area (Å²) in [5, 5.41) is 3.24. The molecule has 4 nitrogen and oxygen atoms in total. The number of carbonyl (C=O) groups excluding carboxylic acids is 1. The number of ether oxygens (including phenoxy) is 1. The zero-order chi connectivity index (χ0) is 14.8. The van der Waals surface area contributed by atoms with E-state index in [9.17, 15) is 4.79 Å². The molecule has 0 spiro atoms. The van der Waals surface area contributed by atoms with Gasteiger partial charge in [0.05, 0.1) is 0 Å². The van der Waals surface area contributed by atoms with E-state index in [1.165, 1.54) is 0 Å². The molecule has 0 saturated carbocycles. The van der Waals surface area contributed by atoms with Crippen molar-refractivity contribution >= 4 is 5.97 Å². The van der Waals surface area contributed by atoms with Gasteiger partial charge in [-0.05, 0) is 54.5 Å². The fourth-order valence-electron chi connectivity index (χ4n) is 2.00. The van der Waals surface area contributed by atoms with Gasteiger partial charge >= 0.3 is 5.97 Å². The highest BCUT2D eigenvalue weighted by atomic mass is 16.6. The fourth-order valence-corrected chi connectivity index (χ4v) is 2.00. The Labute approximate surface area is 115 Å². The van der Waals surface area contributed by atoms with Crippen molar-refractivity contribution in [1.29, 1.82) is 0 Å². The predicted molar refractivity (Wildman–Crippen MR) is 75.0 cm³/mol. The SMILES string of the molecule is Cc1cc(C(C)NC(C)C(=O)OC(C)(C)C)c(C)o1. The molecule has 0 aliphatic rings. The molecule has 0 saturated heterocycles. The zero-order valence-electron chi connectivity index (χ0n) is 13.0. The number of hydrogen-bond acceptors (Lipinski definition) is 4. The second-order valence-electron chi connectivity index (χ2n) is 6.01. The van der Waals surface area contributed by atoms with Crippen molar-refractivity contribution in [2.75, 3.05) is 0 Å². The van der Waals surface area contributed by atoms with E-state index in [1.807, 2.05) is 54.5 Å². The van der Waals surface area contributed by atoms with E-state index in [0.29, 0.717) is 0 Å². The van der Waals surface area contributed by atoms with Crippen molar-refractivity contribution in [3.05, 3.63) is 23.2 Å². The van der Waals surface area contributed by atoms with Gasteiger partial charge in [0.2, 0.25) is 0 Å².